The smallest absolute Gasteiger partial charge is 0.210 e. The lowest BCUT2D eigenvalue weighted by Gasteiger charge is -2.28. The van der Waals surface area contributed by atoms with Gasteiger partial charge in [0.15, 0.2) is 0 Å². The van der Waals surface area contributed by atoms with Gasteiger partial charge in [-0.05, 0) is 12.1 Å². The van der Waals surface area contributed by atoms with Crippen LogP contribution < -0.4 is 0 Å². The maximum atomic E-state index is 11.9. The fraction of sp³-hybridized carbons (Fsp3) is 0.438. The van der Waals surface area contributed by atoms with Gasteiger partial charge in [0.2, 0.25) is 6.41 Å². The van der Waals surface area contributed by atoms with Gasteiger partial charge in [-0.1, -0.05) is 12.1 Å². The van der Waals surface area contributed by atoms with Crippen LogP contribution >= 0.6 is 24.0 Å². The molecule has 7 heteroatoms. The molecule has 0 saturated carbocycles. The summed E-state index contributed by atoms with van der Waals surface area (Å²) in [6.45, 7) is 9.50. The largest absolute Gasteiger partial charge is 0.379 e. The number of carbonyl (C=O) groups is 1. The maximum absolute atomic E-state index is 11.9. The normalized spacial score (nSPS) is 14.0. The van der Waals surface area contributed by atoms with Crippen LogP contribution in [0.2, 0.25) is 0 Å². The highest BCUT2D eigenvalue weighted by molar-refractivity contribution is 14.0. The molecule has 0 radical (unpaired) electrons. The van der Waals surface area contributed by atoms with Gasteiger partial charge >= 0.3 is 0 Å². The van der Waals surface area contributed by atoms with E-state index in [-0.39, 0.29) is 24.0 Å². The lowest BCUT2D eigenvalue weighted by Crippen LogP contribution is -2.41. The summed E-state index contributed by atoms with van der Waals surface area (Å²) in [7, 11) is 0. The SMILES string of the molecule is C=CCN(C=O)CCN1CCOCC1.Fc1cccc(F)c1.I. The number of benzene rings is 1. The van der Waals surface area contributed by atoms with Crippen LogP contribution in [0.5, 0.6) is 0 Å². The van der Waals surface area contributed by atoms with Crippen molar-refractivity contribution in [2.24, 2.45) is 0 Å². The number of hydrogen-bond acceptors (Lipinski definition) is 3. The molecule has 1 heterocycles. The Morgan fingerprint density at radius 3 is 2.30 bits per heavy atom. The molecular weight excluding hydrogens is 417 g/mol. The van der Waals surface area contributed by atoms with E-state index >= 15 is 0 Å². The van der Waals surface area contributed by atoms with Crippen molar-refractivity contribution in [1.82, 2.24) is 9.80 Å². The molecule has 0 aliphatic carbocycles. The summed E-state index contributed by atoms with van der Waals surface area (Å²) in [6.07, 6.45) is 2.62. The second kappa shape index (κ2) is 13.4. The van der Waals surface area contributed by atoms with Crippen molar-refractivity contribution in [2.45, 2.75) is 0 Å². The van der Waals surface area contributed by atoms with Crippen molar-refractivity contribution in [3.63, 3.8) is 0 Å². The fourth-order valence-electron chi connectivity index (χ4n) is 1.91. The standard InChI is InChI=1S/C10H18N2O2.C6H4F2.HI/c1-2-3-12(10-13)5-4-11-6-8-14-9-7-11;7-5-2-1-3-6(8)4-5;/h2,10H,1,3-9H2;1-4H;1H. The lowest BCUT2D eigenvalue weighted by molar-refractivity contribution is -0.118. The van der Waals surface area contributed by atoms with Crippen molar-refractivity contribution < 1.29 is 18.3 Å². The minimum atomic E-state index is -0.537. The summed E-state index contributed by atoms with van der Waals surface area (Å²) in [6, 6.07) is 4.55. The molecule has 0 atom stereocenters. The fourth-order valence-corrected chi connectivity index (χ4v) is 1.91. The van der Waals surface area contributed by atoms with E-state index in [9.17, 15) is 13.6 Å². The molecule has 0 bridgehead atoms. The molecule has 1 saturated heterocycles. The van der Waals surface area contributed by atoms with Gasteiger partial charge in [-0.25, -0.2) is 8.78 Å². The van der Waals surface area contributed by atoms with Crippen molar-refractivity contribution in [2.75, 3.05) is 45.9 Å². The minimum Gasteiger partial charge on any atom is -0.379 e. The zero-order valence-electron chi connectivity index (χ0n) is 13.0. The van der Waals surface area contributed by atoms with E-state index in [1.165, 1.54) is 18.2 Å². The van der Waals surface area contributed by atoms with Crippen LogP contribution in [0, 0.1) is 11.6 Å². The monoisotopic (exact) mass is 440 g/mol. The van der Waals surface area contributed by atoms with Gasteiger partial charge in [-0.15, -0.1) is 30.6 Å². The van der Waals surface area contributed by atoms with Gasteiger partial charge in [0.05, 0.1) is 13.2 Å². The van der Waals surface area contributed by atoms with E-state index in [1.54, 1.807) is 11.0 Å². The van der Waals surface area contributed by atoms with E-state index in [1.807, 2.05) is 0 Å². The van der Waals surface area contributed by atoms with Crippen molar-refractivity contribution in [3.05, 3.63) is 48.6 Å². The quantitative estimate of drug-likeness (QED) is 0.388. The average molecular weight is 440 g/mol. The predicted octanol–water partition coefficient (Wildman–Crippen LogP) is 2.55. The summed E-state index contributed by atoms with van der Waals surface area (Å²) in [5, 5.41) is 0. The van der Waals surface area contributed by atoms with Gasteiger partial charge in [-0.3, -0.25) is 9.69 Å². The Labute approximate surface area is 153 Å². The number of carbonyl (C=O) groups excluding carboxylic acids is 1. The Hall–Kier alpha value is -1.06. The van der Waals surface area contributed by atoms with Crippen LogP contribution in [0.3, 0.4) is 0 Å². The van der Waals surface area contributed by atoms with E-state index in [4.69, 9.17) is 4.74 Å². The molecule has 1 aromatic rings. The van der Waals surface area contributed by atoms with Crippen molar-refractivity contribution in [1.29, 1.82) is 0 Å². The van der Waals surface area contributed by atoms with Gasteiger partial charge in [0.1, 0.15) is 11.6 Å². The first-order valence-corrected chi connectivity index (χ1v) is 7.17. The number of morpholine rings is 1. The first kappa shape index (κ1) is 21.9. The Morgan fingerprint density at radius 1 is 1.26 bits per heavy atom. The number of hydrogen-bond donors (Lipinski definition) is 0. The Morgan fingerprint density at radius 2 is 1.87 bits per heavy atom. The topological polar surface area (TPSA) is 32.8 Å². The number of rotatable bonds is 6. The molecular formula is C16H23F2IN2O2. The van der Waals surface area contributed by atoms with Gasteiger partial charge in [-0.2, -0.15) is 0 Å². The first-order valence-electron chi connectivity index (χ1n) is 7.17. The Kier molecular flexibility index (Phi) is 12.8. The molecule has 0 aromatic heterocycles. The highest BCUT2D eigenvalue weighted by Crippen LogP contribution is 1.99. The molecule has 1 aliphatic rings. The van der Waals surface area contributed by atoms with E-state index in [0.717, 1.165) is 51.9 Å². The minimum absolute atomic E-state index is 0. The van der Waals surface area contributed by atoms with Gasteiger partial charge < -0.3 is 9.64 Å². The van der Waals surface area contributed by atoms with Crippen LogP contribution in [0.4, 0.5) is 8.78 Å². The van der Waals surface area contributed by atoms with Crippen LogP contribution in [0.15, 0.2) is 36.9 Å². The van der Waals surface area contributed by atoms with Crippen molar-refractivity contribution in [3.8, 4) is 0 Å². The van der Waals surface area contributed by atoms with Crippen LogP contribution in [0.25, 0.3) is 0 Å². The maximum Gasteiger partial charge on any atom is 0.210 e. The van der Waals surface area contributed by atoms with Gasteiger partial charge in [0.25, 0.3) is 0 Å². The molecule has 23 heavy (non-hydrogen) atoms. The lowest BCUT2D eigenvalue weighted by atomic mass is 10.3. The van der Waals surface area contributed by atoms with E-state index in [0.29, 0.717) is 6.54 Å². The zero-order chi connectivity index (χ0) is 16.2. The average Bonchev–Trinajstić information content (AvgIpc) is 2.53. The highest BCUT2D eigenvalue weighted by atomic mass is 127. The van der Waals surface area contributed by atoms with Crippen LogP contribution in [-0.2, 0) is 9.53 Å². The van der Waals surface area contributed by atoms with Crippen LogP contribution in [0.1, 0.15) is 0 Å². The molecule has 2 rings (SSSR count). The van der Waals surface area contributed by atoms with E-state index < -0.39 is 11.6 Å². The number of amides is 1. The van der Waals surface area contributed by atoms with Gasteiger partial charge in [0, 0.05) is 38.8 Å². The molecule has 1 fully saturated rings. The first-order chi connectivity index (χ1) is 10.7. The molecule has 130 valence electrons. The molecule has 1 aliphatic heterocycles. The Bertz CT molecular complexity index is 440. The molecule has 0 spiro atoms. The summed E-state index contributed by atoms with van der Waals surface area (Å²) in [5.41, 5.74) is 0. The summed E-state index contributed by atoms with van der Waals surface area (Å²) in [4.78, 5) is 14.6. The number of ether oxygens (including phenoxy) is 1. The Balaban J connectivity index is 0.000000460. The second-order valence-corrected chi connectivity index (χ2v) is 4.78. The molecule has 1 aromatic carbocycles. The summed E-state index contributed by atoms with van der Waals surface area (Å²) in [5.74, 6) is -1.07. The third kappa shape index (κ3) is 10.4. The van der Waals surface area contributed by atoms with E-state index in [2.05, 4.69) is 11.5 Å². The van der Waals surface area contributed by atoms with Crippen molar-refractivity contribution >= 4 is 30.4 Å². The third-order valence-electron chi connectivity index (χ3n) is 3.11. The highest BCUT2D eigenvalue weighted by Gasteiger charge is 2.10. The molecule has 0 N–H and O–H groups in total. The second-order valence-electron chi connectivity index (χ2n) is 4.78. The number of halogens is 3. The predicted molar refractivity (Wildman–Crippen MR) is 96.9 cm³/mol. The third-order valence-corrected chi connectivity index (χ3v) is 3.11. The summed E-state index contributed by atoms with van der Waals surface area (Å²) < 4.78 is 29.1. The molecule has 4 nitrogen and oxygen atoms in total. The number of nitrogens with zero attached hydrogens (tertiary/aromatic N) is 2. The molecule has 0 unspecified atom stereocenters. The summed E-state index contributed by atoms with van der Waals surface area (Å²) >= 11 is 0. The zero-order valence-corrected chi connectivity index (χ0v) is 15.3. The molecule has 1 amide bonds. The van der Waals surface area contributed by atoms with Crippen LogP contribution in [-0.4, -0.2) is 62.1 Å².